The Hall–Kier alpha value is -3.50. The summed E-state index contributed by atoms with van der Waals surface area (Å²) < 4.78 is 72.9. The van der Waals surface area contributed by atoms with Gasteiger partial charge in [-0.2, -0.15) is 8.78 Å². The van der Waals surface area contributed by atoms with E-state index in [0.717, 1.165) is 50.7 Å². The molecular weight excluding hydrogens is 511 g/mol. The van der Waals surface area contributed by atoms with Gasteiger partial charge in [0.2, 0.25) is 34.8 Å². The molecule has 0 heterocycles. The van der Waals surface area contributed by atoms with Crippen LogP contribution in [-0.4, -0.2) is 30.9 Å². The Morgan fingerprint density at radius 3 is 1.42 bits per heavy atom. The SMILES string of the molecule is CCCCCCNC(=O)c1cc(C(=O)NCCCCCC)cc(C(=O)Oc2c(F)c(F)c(F)c(F)c2F)c1. The fourth-order valence-electron chi connectivity index (χ4n) is 3.55. The third-order valence-corrected chi connectivity index (χ3v) is 5.69. The predicted molar refractivity (Wildman–Crippen MR) is 131 cm³/mol. The molecule has 0 spiro atoms. The number of nitrogens with one attached hydrogen (secondary N) is 2. The molecule has 11 heteroatoms. The van der Waals surface area contributed by atoms with Crippen molar-refractivity contribution in [2.45, 2.75) is 65.2 Å². The van der Waals surface area contributed by atoms with E-state index in [-0.39, 0.29) is 11.1 Å². The number of carbonyl (C=O) groups excluding carboxylic acids is 3. The highest BCUT2D eigenvalue weighted by Crippen LogP contribution is 2.30. The molecule has 0 saturated carbocycles. The molecule has 2 rings (SSSR count). The van der Waals surface area contributed by atoms with Crippen LogP contribution in [-0.2, 0) is 0 Å². The lowest BCUT2D eigenvalue weighted by molar-refractivity contribution is 0.0716. The highest BCUT2D eigenvalue weighted by Gasteiger charge is 2.29. The second kappa shape index (κ2) is 15.0. The van der Waals surface area contributed by atoms with Crippen molar-refractivity contribution in [2.75, 3.05) is 13.1 Å². The molecule has 2 aromatic rings. The molecular formula is C27H31F5N2O4. The van der Waals surface area contributed by atoms with E-state index in [1.807, 2.05) is 13.8 Å². The van der Waals surface area contributed by atoms with Crippen molar-refractivity contribution in [3.63, 3.8) is 0 Å². The first-order valence-corrected chi connectivity index (χ1v) is 12.6. The van der Waals surface area contributed by atoms with Gasteiger partial charge in [-0.1, -0.05) is 52.4 Å². The average molecular weight is 543 g/mol. The fourth-order valence-corrected chi connectivity index (χ4v) is 3.55. The number of halogens is 5. The maximum absolute atomic E-state index is 14.0. The first-order chi connectivity index (χ1) is 18.1. The summed E-state index contributed by atoms with van der Waals surface area (Å²) in [6.45, 7) is 4.73. The molecule has 0 fully saturated rings. The Kier molecular flexibility index (Phi) is 12.2. The van der Waals surface area contributed by atoms with Gasteiger partial charge in [-0.15, -0.1) is 0 Å². The first kappa shape index (κ1) is 30.7. The van der Waals surface area contributed by atoms with Crippen molar-refractivity contribution in [2.24, 2.45) is 0 Å². The zero-order valence-corrected chi connectivity index (χ0v) is 21.3. The zero-order chi connectivity index (χ0) is 28.2. The lowest BCUT2D eigenvalue weighted by atomic mass is 10.0. The van der Waals surface area contributed by atoms with Gasteiger partial charge in [0.05, 0.1) is 5.56 Å². The molecule has 208 valence electrons. The summed E-state index contributed by atoms with van der Waals surface area (Å²) in [5.41, 5.74) is -0.740. The Morgan fingerprint density at radius 1 is 0.605 bits per heavy atom. The Labute approximate surface area is 217 Å². The van der Waals surface area contributed by atoms with Crippen molar-refractivity contribution in [1.82, 2.24) is 10.6 Å². The van der Waals surface area contributed by atoms with Gasteiger partial charge in [0.1, 0.15) is 0 Å². The number of carbonyl (C=O) groups is 3. The Bertz CT molecular complexity index is 1080. The van der Waals surface area contributed by atoms with E-state index in [0.29, 0.717) is 25.9 Å². The number of rotatable bonds is 14. The third kappa shape index (κ3) is 8.26. The Balaban J connectivity index is 2.33. The average Bonchev–Trinajstić information content (AvgIpc) is 2.92. The van der Waals surface area contributed by atoms with Crippen molar-refractivity contribution in [3.05, 3.63) is 64.0 Å². The number of hydrogen-bond donors (Lipinski definition) is 2. The molecule has 0 aromatic heterocycles. The highest BCUT2D eigenvalue weighted by molar-refractivity contribution is 6.03. The van der Waals surface area contributed by atoms with Gasteiger partial charge in [-0.25, -0.2) is 18.0 Å². The molecule has 0 unspecified atom stereocenters. The summed E-state index contributed by atoms with van der Waals surface area (Å²) >= 11 is 0. The molecule has 6 nitrogen and oxygen atoms in total. The summed E-state index contributed by atoms with van der Waals surface area (Å²) in [5.74, 6) is -16.2. The predicted octanol–water partition coefficient (Wildman–Crippen LogP) is 6.22. The molecule has 0 bridgehead atoms. The van der Waals surface area contributed by atoms with Crippen molar-refractivity contribution >= 4 is 17.8 Å². The van der Waals surface area contributed by atoms with E-state index in [9.17, 15) is 36.3 Å². The fraction of sp³-hybridized carbons (Fsp3) is 0.444. The lowest BCUT2D eigenvalue weighted by Gasteiger charge is -2.12. The van der Waals surface area contributed by atoms with Crippen LogP contribution in [0.15, 0.2) is 18.2 Å². The molecule has 0 aliphatic heterocycles. The molecule has 0 atom stereocenters. The minimum absolute atomic E-state index is 0.122. The molecule has 0 saturated heterocycles. The van der Waals surface area contributed by atoms with E-state index in [4.69, 9.17) is 0 Å². The van der Waals surface area contributed by atoms with Crippen LogP contribution in [0.4, 0.5) is 22.0 Å². The minimum atomic E-state index is -2.41. The van der Waals surface area contributed by atoms with E-state index in [1.165, 1.54) is 6.07 Å². The van der Waals surface area contributed by atoms with E-state index >= 15 is 0 Å². The maximum atomic E-state index is 14.0. The van der Waals surface area contributed by atoms with E-state index in [2.05, 4.69) is 15.4 Å². The van der Waals surface area contributed by atoms with E-state index < -0.39 is 58.2 Å². The summed E-state index contributed by atoms with van der Waals surface area (Å²) in [6, 6.07) is 3.25. The van der Waals surface area contributed by atoms with Gasteiger partial charge >= 0.3 is 5.97 Å². The van der Waals surface area contributed by atoms with Crippen LogP contribution in [0.5, 0.6) is 5.75 Å². The number of esters is 1. The second-order valence-corrected chi connectivity index (χ2v) is 8.72. The quantitative estimate of drug-likeness (QED) is 0.0741. The highest BCUT2D eigenvalue weighted by atomic mass is 19.2. The molecule has 2 aromatic carbocycles. The molecule has 0 aliphatic rings. The van der Waals surface area contributed by atoms with Gasteiger partial charge in [0.15, 0.2) is 0 Å². The number of ether oxygens (including phenoxy) is 1. The molecule has 0 aliphatic carbocycles. The van der Waals surface area contributed by atoms with Gasteiger partial charge < -0.3 is 15.4 Å². The largest absolute Gasteiger partial charge is 0.416 e. The Morgan fingerprint density at radius 2 is 1.00 bits per heavy atom. The van der Waals surface area contributed by atoms with Crippen LogP contribution in [0.25, 0.3) is 0 Å². The summed E-state index contributed by atoms with van der Waals surface area (Å²) in [5, 5.41) is 5.32. The minimum Gasteiger partial charge on any atom is -0.416 e. The summed E-state index contributed by atoms with van der Waals surface area (Å²) in [7, 11) is 0. The van der Waals surface area contributed by atoms with Crippen LogP contribution in [0, 0.1) is 29.1 Å². The van der Waals surface area contributed by atoms with Gasteiger partial charge in [0.25, 0.3) is 11.8 Å². The topological polar surface area (TPSA) is 84.5 Å². The standard InChI is InChI=1S/C27H31F5N2O4/c1-3-5-7-9-11-33-25(35)16-13-17(26(36)34-12-10-8-6-4-2)15-18(14-16)27(37)38-24-22(31)20(29)19(28)21(30)23(24)32/h13-15H,3-12H2,1-2H3,(H,33,35)(H,34,36). The zero-order valence-electron chi connectivity index (χ0n) is 21.3. The van der Waals surface area contributed by atoms with Crippen molar-refractivity contribution in [1.29, 1.82) is 0 Å². The van der Waals surface area contributed by atoms with Gasteiger partial charge in [-0.05, 0) is 31.0 Å². The van der Waals surface area contributed by atoms with Crippen LogP contribution >= 0.6 is 0 Å². The number of hydrogen-bond acceptors (Lipinski definition) is 4. The maximum Gasteiger partial charge on any atom is 0.343 e. The molecule has 38 heavy (non-hydrogen) atoms. The monoisotopic (exact) mass is 542 g/mol. The van der Waals surface area contributed by atoms with E-state index in [1.54, 1.807) is 0 Å². The van der Waals surface area contributed by atoms with Gasteiger partial charge in [0, 0.05) is 24.2 Å². The number of amides is 2. The normalized spacial score (nSPS) is 10.8. The first-order valence-electron chi connectivity index (χ1n) is 12.6. The summed E-state index contributed by atoms with van der Waals surface area (Å²) in [6.07, 6.45) is 7.14. The molecule has 2 N–H and O–H groups in total. The summed E-state index contributed by atoms with van der Waals surface area (Å²) in [4.78, 5) is 38.1. The number of unbranched alkanes of at least 4 members (excludes halogenated alkanes) is 6. The van der Waals surface area contributed by atoms with Gasteiger partial charge in [-0.3, -0.25) is 9.59 Å². The molecule has 0 radical (unpaired) electrons. The number of benzene rings is 2. The van der Waals surface area contributed by atoms with Crippen LogP contribution < -0.4 is 15.4 Å². The lowest BCUT2D eigenvalue weighted by Crippen LogP contribution is -2.28. The third-order valence-electron chi connectivity index (χ3n) is 5.69. The molecule has 2 amide bonds. The smallest absolute Gasteiger partial charge is 0.343 e. The second-order valence-electron chi connectivity index (χ2n) is 8.72. The van der Waals surface area contributed by atoms with Crippen LogP contribution in [0.3, 0.4) is 0 Å². The van der Waals surface area contributed by atoms with Crippen molar-refractivity contribution in [3.8, 4) is 5.75 Å². The van der Waals surface area contributed by atoms with Crippen LogP contribution in [0.1, 0.15) is 96.3 Å². The van der Waals surface area contributed by atoms with Crippen molar-refractivity contribution < 1.29 is 41.1 Å². The van der Waals surface area contributed by atoms with Crippen LogP contribution in [0.2, 0.25) is 0 Å².